The first kappa shape index (κ1) is 34.4. The van der Waals surface area contributed by atoms with E-state index in [1.165, 1.54) is 23.9 Å². The smallest absolute Gasteiger partial charge is 0.416 e. The third-order valence-electron chi connectivity index (χ3n) is 8.46. The standard InChI is InChI=1S/C37H35F4N5O4/c1-3-18-49-28-9-4-24(5-10-28)23-45-14-16-46(17-15-45)36(48)33-19-25-6-11-29(21-32(25)44(33)2)50-34-13-8-27(22-42-34)43-35(47)30-12-7-26(20-31(30)38)37(39,40)41/h4-13,19-22H,3,14-18,23H2,1-2H3,(H,43,47). The number of benzene rings is 3. The van der Waals surface area contributed by atoms with Crippen LogP contribution in [0.1, 0.15) is 45.3 Å². The first-order valence-electron chi connectivity index (χ1n) is 16.1. The molecule has 0 atom stereocenters. The Morgan fingerprint density at radius 1 is 0.900 bits per heavy atom. The summed E-state index contributed by atoms with van der Waals surface area (Å²) < 4.78 is 66.1. The van der Waals surface area contributed by atoms with E-state index >= 15 is 0 Å². The maximum atomic E-state index is 14.2. The van der Waals surface area contributed by atoms with Crippen molar-refractivity contribution in [3.05, 3.63) is 113 Å². The predicted octanol–water partition coefficient (Wildman–Crippen LogP) is 7.52. The summed E-state index contributed by atoms with van der Waals surface area (Å²) in [7, 11) is 1.83. The summed E-state index contributed by atoms with van der Waals surface area (Å²) in [6.45, 7) is 6.35. The molecule has 1 aliphatic rings. The van der Waals surface area contributed by atoms with Crippen molar-refractivity contribution in [1.29, 1.82) is 0 Å². The summed E-state index contributed by atoms with van der Waals surface area (Å²) in [6, 6.07) is 20.1. The lowest BCUT2D eigenvalue weighted by Gasteiger charge is -2.34. The van der Waals surface area contributed by atoms with Crippen LogP contribution in [0.3, 0.4) is 0 Å². The van der Waals surface area contributed by atoms with E-state index in [0.717, 1.165) is 48.8 Å². The number of hydrogen-bond acceptors (Lipinski definition) is 6. The second-order valence-corrected chi connectivity index (χ2v) is 12.0. The number of amides is 2. The van der Waals surface area contributed by atoms with Crippen LogP contribution in [0.25, 0.3) is 10.9 Å². The first-order chi connectivity index (χ1) is 24.0. The number of hydrogen-bond donors (Lipinski definition) is 1. The van der Waals surface area contributed by atoms with Gasteiger partial charge in [0.15, 0.2) is 0 Å². The molecule has 13 heteroatoms. The average Bonchev–Trinajstić information content (AvgIpc) is 3.43. The monoisotopic (exact) mass is 689 g/mol. The second-order valence-electron chi connectivity index (χ2n) is 12.0. The summed E-state index contributed by atoms with van der Waals surface area (Å²) in [5.41, 5.74) is 1.02. The third kappa shape index (κ3) is 7.89. The van der Waals surface area contributed by atoms with Crippen LogP contribution in [0.15, 0.2) is 85.1 Å². The molecule has 6 rings (SSSR count). The number of aromatic nitrogens is 2. The van der Waals surface area contributed by atoms with E-state index in [1.54, 1.807) is 12.1 Å². The maximum Gasteiger partial charge on any atom is 0.416 e. The Morgan fingerprint density at radius 2 is 1.64 bits per heavy atom. The van der Waals surface area contributed by atoms with Crippen LogP contribution in [-0.2, 0) is 19.8 Å². The van der Waals surface area contributed by atoms with Crippen LogP contribution in [0, 0.1) is 5.82 Å². The molecule has 1 fully saturated rings. The van der Waals surface area contributed by atoms with Gasteiger partial charge in [-0.3, -0.25) is 14.5 Å². The topological polar surface area (TPSA) is 88.9 Å². The Bertz CT molecular complexity index is 1990. The SMILES string of the molecule is CCCOc1ccc(CN2CCN(C(=O)c3cc4ccc(Oc5ccc(NC(=O)c6ccc(C(F)(F)F)cc6F)cn5)cc4n3C)CC2)cc1. The molecule has 3 aromatic carbocycles. The van der Waals surface area contributed by atoms with Gasteiger partial charge in [0.2, 0.25) is 5.88 Å². The van der Waals surface area contributed by atoms with Gasteiger partial charge in [-0.05, 0) is 66.6 Å². The number of anilines is 1. The molecule has 3 heterocycles. The van der Waals surface area contributed by atoms with Crippen LogP contribution in [0.4, 0.5) is 23.2 Å². The molecule has 5 aromatic rings. The molecule has 1 N–H and O–H groups in total. The maximum absolute atomic E-state index is 14.2. The Balaban J connectivity index is 1.04. The number of halogens is 4. The summed E-state index contributed by atoms with van der Waals surface area (Å²) in [4.78, 5) is 34.4. The number of pyridine rings is 1. The lowest BCUT2D eigenvalue weighted by molar-refractivity contribution is -0.137. The van der Waals surface area contributed by atoms with Crippen molar-refractivity contribution in [2.45, 2.75) is 26.1 Å². The minimum Gasteiger partial charge on any atom is -0.494 e. The largest absolute Gasteiger partial charge is 0.494 e. The number of piperazine rings is 1. The van der Waals surface area contributed by atoms with Gasteiger partial charge < -0.3 is 24.3 Å². The first-order valence-corrected chi connectivity index (χ1v) is 16.1. The van der Waals surface area contributed by atoms with Crippen LogP contribution in [0.5, 0.6) is 17.4 Å². The Labute approximate surface area is 286 Å². The van der Waals surface area contributed by atoms with Crippen molar-refractivity contribution >= 4 is 28.4 Å². The minimum atomic E-state index is -4.73. The van der Waals surface area contributed by atoms with Gasteiger partial charge in [0.05, 0.1) is 35.1 Å². The van der Waals surface area contributed by atoms with Crippen LogP contribution >= 0.6 is 0 Å². The number of nitrogens with zero attached hydrogens (tertiary/aromatic N) is 4. The molecule has 0 saturated carbocycles. The number of rotatable bonds is 10. The number of ether oxygens (including phenoxy) is 2. The Hall–Kier alpha value is -5.43. The highest BCUT2D eigenvalue weighted by molar-refractivity contribution is 6.04. The van der Waals surface area contributed by atoms with Crippen molar-refractivity contribution < 1.29 is 36.6 Å². The molecule has 9 nitrogen and oxygen atoms in total. The molecular formula is C37H35F4N5O4. The molecule has 50 heavy (non-hydrogen) atoms. The van der Waals surface area contributed by atoms with Crippen molar-refractivity contribution in [3.63, 3.8) is 0 Å². The van der Waals surface area contributed by atoms with Crippen molar-refractivity contribution in [2.24, 2.45) is 7.05 Å². The van der Waals surface area contributed by atoms with Gasteiger partial charge in [-0.1, -0.05) is 19.1 Å². The van der Waals surface area contributed by atoms with Gasteiger partial charge in [-0.15, -0.1) is 0 Å². The molecule has 0 spiro atoms. The number of fused-ring (bicyclic) bond motifs is 1. The van der Waals surface area contributed by atoms with E-state index in [2.05, 4.69) is 34.3 Å². The number of nitrogens with one attached hydrogen (secondary N) is 1. The summed E-state index contributed by atoms with van der Waals surface area (Å²) in [6.07, 6.45) is -2.48. The second kappa shape index (κ2) is 14.6. The van der Waals surface area contributed by atoms with Gasteiger partial charge >= 0.3 is 6.18 Å². The highest BCUT2D eigenvalue weighted by Gasteiger charge is 2.32. The molecule has 260 valence electrons. The Morgan fingerprint density at radius 3 is 2.30 bits per heavy atom. The van der Waals surface area contributed by atoms with E-state index in [4.69, 9.17) is 9.47 Å². The quantitative estimate of drug-likeness (QED) is 0.153. The number of aryl methyl sites for hydroxylation is 1. The van der Waals surface area contributed by atoms with Gasteiger partial charge in [0, 0.05) is 57.3 Å². The van der Waals surface area contributed by atoms with Gasteiger partial charge in [0.25, 0.3) is 11.8 Å². The summed E-state index contributed by atoms with van der Waals surface area (Å²) in [5.74, 6) is -0.721. The normalized spacial score (nSPS) is 13.8. The van der Waals surface area contributed by atoms with Crippen LogP contribution in [0.2, 0.25) is 0 Å². The number of alkyl halides is 3. The summed E-state index contributed by atoms with van der Waals surface area (Å²) in [5, 5.41) is 3.29. The van der Waals surface area contributed by atoms with Crippen molar-refractivity contribution in [3.8, 4) is 17.4 Å². The predicted molar refractivity (Wildman–Crippen MR) is 180 cm³/mol. The molecule has 0 unspecified atom stereocenters. The number of carbonyl (C=O) groups excluding carboxylic acids is 2. The van der Waals surface area contributed by atoms with Crippen molar-refractivity contribution in [1.82, 2.24) is 19.4 Å². The Kier molecular flexibility index (Phi) is 10.0. The average molecular weight is 690 g/mol. The van der Waals surface area contributed by atoms with E-state index in [0.29, 0.717) is 37.2 Å². The van der Waals surface area contributed by atoms with Gasteiger partial charge in [-0.25, -0.2) is 9.37 Å². The highest BCUT2D eigenvalue weighted by atomic mass is 19.4. The molecule has 1 saturated heterocycles. The van der Waals surface area contributed by atoms with Crippen LogP contribution in [-0.4, -0.2) is 64.0 Å². The molecule has 1 aliphatic heterocycles. The van der Waals surface area contributed by atoms with E-state index in [-0.39, 0.29) is 23.5 Å². The number of carbonyl (C=O) groups is 2. The zero-order valence-corrected chi connectivity index (χ0v) is 27.5. The fourth-order valence-corrected chi connectivity index (χ4v) is 5.73. The van der Waals surface area contributed by atoms with Crippen LogP contribution < -0.4 is 14.8 Å². The molecule has 2 amide bonds. The zero-order valence-electron chi connectivity index (χ0n) is 27.5. The zero-order chi connectivity index (χ0) is 35.4. The fourth-order valence-electron chi connectivity index (χ4n) is 5.73. The minimum absolute atomic E-state index is 0.0428. The van der Waals surface area contributed by atoms with E-state index in [9.17, 15) is 27.2 Å². The summed E-state index contributed by atoms with van der Waals surface area (Å²) >= 11 is 0. The molecule has 2 aromatic heterocycles. The lowest BCUT2D eigenvalue weighted by Crippen LogP contribution is -2.48. The highest BCUT2D eigenvalue weighted by Crippen LogP contribution is 2.31. The molecule has 0 bridgehead atoms. The van der Waals surface area contributed by atoms with E-state index in [1.807, 2.05) is 40.8 Å². The molecule has 0 aliphatic carbocycles. The molecular weight excluding hydrogens is 654 g/mol. The van der Waals surface area contributed by atoms with Gasteiger partial charge in [0.1, 0.15) is 23.0 Å². The van der Waals surface area contributed by atoms with E-state index < -0.39 is 29.0 Å². The van der Waals surface area contributed by atoms with Gasteiger partial charge in [-0.2, -0.15) is 13.2 Å². The van der Waals surface area contributed by atoms with Crippen molar-refractivity contribution in [2.75, 3.05) is 38.1 Å². The third-order valence-corrected chi connectivity index (χ3v) is 8.46. The lowest BCUT2D eigenvalue weighted by atomic mass is 10.1. The molecule has 0 radical (unpaired) electrons. The fraction of sp³-hybridized carbons (Fsp3) is 0.270.